The standard InChI is InChI=1S/C11H13FN2O/c12-11-7-10(2-1-9(11)8-15)14-5-3-13-4-6-14/h1-2,7-8,13H,3-6H2. The molecule has 2 rings (SSSR count). The van der Waals surface area contributed by atoms with Gasteiger partial charge < -0.3 is 10.2 Å². The van der Waals surface area contributed by atoms with Gasteiger partial charge in [0.25, 0.3) is 0 Å². The maximum Gasteiger partial charge on any atom is 0.152 e. The highest BCUT2D eigenvalue weighted by Gasteiger charge is 2.11. The van der Waals surface area contributed by atoms with Crippen molar-refractivity contribution in [2.75, 3.05) is 31.1 Å². The first-order valence-corrected chi connectivity index (χ1v) is 5.01. The SMILES string of the molecule is O=Cc1ccc(N2CCNCC2)cc1F. The van der Waals surface area contributed by atoms with Crippen LogP contribution in [0.15, 0.2) is 18.2 Å². The van der Waals surface area contributed by atoms with E-state index in [1.54, 1.807) is 6.07 Å². The Morgan fingerprint density at radius 1 is 1.33 bits per heavy atom. The summed E-state index contributed by atoms with van der Waals surface area (Å²) in [4.78, 5) is 12.6. The molecule has 0 bridgehead atoms. The van der Waals surface area contributed by atoms with Gasteiger partial charge in [0.15, 0.2) is 6.29 Å². The van der Waals surface area contributed by atoms with E-state index in [9.17, 15) is 9.18 Å². The molecular formula is C11H13FN2O. The zero-order chi connectivity index (χ0) is 10.7. The summed E-state index contributed by atoms with van der Waals surface area (Å²) in [6.45, 7) is 3.58. The smallest absolute Gasteiger partial charge is 0.152 e. The summed E-state index contributed by atoms with van der Waals surface area (Å²) in [7, 11) is 0. The van der Waals surface area contributed by atoms with E-state index in [1.165, 1.54) is 12.1 Å². The molecule has 0 atom stereocenters. The molecule has 0 amide bonds. The fourth-order valence-corrected chi connectivity index (χ4v) is 1.73. The first kappa shape index (κ1) is 10.1. The summed E-state index contributed by atoms with van der Waals surface area (Å²) < 4.78 is 13.3. The van der Waals surface area contributed by atoms with Crippen LogP contribution < -0.4 is 10.2 Å². The maximum absolute atomic E-state index is 13.3. The van der Waals surface area contributed by atoms with Gasteiger partial charge in [0, 0.05) is 31.9 Å². The number of hydrogen-bond acceptors (Lipinski definition) is 3. The van der Waals surface area contributed by atoms with Crippen molar-refractivity contribution in [3.63, 3.8) is 0 Å². The minimum Gasteiger partial charge on any atom is -0.369 e. The summed E-state index contributed by atoms with van der Waals surface area (Å²) >= 11 is 0. The highest BCUT2D eigenvalue weighted by Crippen LogP contribution is 2.18. The third-order valence-electron chi connectivity index (χ3n) is 2.59. The molecule has 1 aliphatic heterocycles. The Balaban J connectivity index is 2.21. The second kappa shape index (κ2) is 4.40. The van der Waals surface area contributed by atoms with Crippen molar-refractivity contribution < 1.29 is 9.18 Å². The van der Waals surface area contributed by atoms with Crippen LogP contribution in [0.4, 0.5) is 10.1 Å². The average molecular weight is 208 g/mol. The van der Waals surface area contributed by atoms with Gasteiger partial charge in [-0.3, -0.25) is 4.79 Å². The third kappa shape index (κ3) is 2.15. The fourth-order valence-electron chi connectivity index (χ4n) is 1.73. The molecule has 15 heavy (non-hydrogen) atoms. The van der Waals surface area contributed by atoms with Gasteiger partial charge >= 0.3 is 0 Å². The van der Waals surface area contributed by atoms with Gasteiger partial charge in [-0.1, -0.05) is 0 Å². The predicted molar refractivity (Wildman–Crippen MR) is 56.9 cm³/mol. The molecule has 0 saturated carbocycles. The topological polar surface area (TPSA) is 32.3 Å². The molecule has 4 heteroatoms. The largest absolute Gasteiger partial charge is 0.369 e. The molecule has 1 saturated heterocycles. The van der Waals surface area contributed by atoms with Crippen molar-refractivity contribution in [1.29, 1.82) is 0 Å². The summed E-state index contributed by atoms with van der Waals surface area (Å²) in [5, 5.41) is 3.23. The Morgan fingerprint density at radius 3 is 2.67 bits per heavy atom. The zero-order valence-electron chi connectivity index (χ0n) is 8.37. The number of nitrogens with one attached hydrogen (secondary N) is 1. The van der Waals surface area contributed by atoms with Gasteiger partial charge in [0.05, 0.1) is 5.56 Å². The number of hydrogen-bond donors (Lipinski definition) is 1. The molecule has 1 heterocycles. The molecule has 1 fully saturated rings. The lowest BCUT2D eigenvalue weighted by Gasteiger charge is -2.29. The third-order valence-corrected chi connectivity index (χ3v) is 2.59. The second-order valence-corrected chi connectivity index (χ2v) is 3.56. The molecule has 3 nitrogen and oxygen atoms in total. The maximum atomic E-state index is 13.3. The summed E-state index contributed by atoms with van der Waals surface area (Å²) in [6, 6.07) is 4.74. The van der Waals surface area contributed by atoms with Crippen LogP contribution in [0, 0.1) is 5.82 Å². The van der Waals surface area contributed by atoms with Crippen molar-refractivity contribution in [1.82, 2.24) is 5.32 Å². The van der Waals surface area contributed by atoms with Crippen molar-refractivity contribution in [3.05, 3.63) is 29.6 Å². The van der Waals surface area contributed by atoms with Gasteiger partial charge in [0.2, 0.25) is 0 Å². The Labute approximate surface area is 87.9 Å². The van der Waals surface area contributed by atoms with E-state index < -0.39 is 5.82 Å². The monoisotopic (exact) mass is 208 g/mol. The van der Waals surface area contributed by atoms with E-state index >= 15 is 0 Å². The molecule has 1 N–H and O–H groups in total. The summed E-state index contributed by atoms with van der Waals surface area (Å²) in [5.41, 5.74) is 0.966. The quantitative estimate of drug-likeness (QED) is 0.737. The number of benzene rings is 1. The second-order valence-electron chi connectivity index (χ2n) is 3.56. The van der Waals surface area contributed by atoms with Crippen LogP contribution in [0.25, 0.3) is 0 Å². The van der Waals surface area contributed by atoms with Crippen molar-refractivity contribution >= 4 is 12.0 Å². The van der Waals surface area contributed by atoms with Crippen LogP contribution in [-0.2, 0) is 0 Å². The first-order chi connectivity index (χ1) is 7.31. The number of nitrogens with zero attached hydrogens (tertiary/aromatic N) is 1. The molecule has 0 aromatic heterocycles. The Morgan fingerprint density at radius 2 is 2.07 bits per heavy atom. The lowest BCUT2D eigenvalue weighted by molar-refractivity contribution is 0.112. The molecular weight excluding hydrogens is 195 g/mol. The summed E-state index contributed by atoms with van der Waals surface area (Å²) in [6.07, 6.45) is 0.539. The predicted octanol–water partition coefficient (Wildman–Crippen LogP) is 1.05. The van der Waals surface area contributed by atoms with Gasteiger partial charge in [0.1, 0.15) is 5.82 Å². The number of carbonyl (C=O) groups excluding carboxylic acids is 1. The molecule has 0 spiro atoms. The highest BCUT2D eigenvalue weighted by atomic mass is 19.1. The van der Waals surface area contributed by atoms with Crippen LogP contribution in [-0.4, -0.2) is 32.5 Å². The lowest BCUT2D eigenvalue weighted by atomic mass is 10.2. The van der Waals surface area contributed by atoms with Gasteiger partial charge in [-0.25, -0.2) is 4.39 Å². The highest BCUT2D eigenvalue weighted by molar-refractivity contribution is 5.76. The van der Waals surface area contributed by atoms with E-state index in [-0.39, 0.29) is 5.56 Å². The van der Waals surface area contributed by atoms with Crippen molar-refractivity contribution in [2.45, 2.75) is 0 Å². The van der Waals surface area contributed by atoms with Gasteiger partial charge in [-0.15, -0.1) is 0 Å². The molecule has 0 unspecified atom stereocenters. The van der Waals surface area contributed by atoms with Crippen LogP contribution >= 0.6 is 0 Å². The molecule has 1 aliphatic rings. The van der Waals surface area contributed by atoms with E-state index in [0.29, 0.717) is 6.29 Å². The van der Waals surface area contributed by atoms with Crippen LogP contribution in [0.2, 0.25) is 0 Å². The van der Waals surface area contributed by atoms with Crippen LogP contribution in [0.1, 0.15) is 10.4 Å². The number of rotatable bonds is 2. The minimum absolute atomic E-state index is 0.119. The Hall–Kier alpha value is -1.42. The lowest BCUT2D eigenvalue weighted by Crippen LogP contribution is -2.43. The van der Waals surface area contributed by atoms with E-state index in [2.05, 4.69) is 10.2 Å². The number of anilines is 1. The van der Waals surface area contributed by atoms with Gasteiger partial charge in [-0.2, -0.15) is 0 Å². The fraction of sp³-hybridized carbons (Fsp3) is 0.364. The average Bonchev–Trinajstić information content (AvgIpc) is 2.30. The minimum atomic E-state index is -0.443. The normalized spacial score (nSPS) is 16.5. The van der Waals surface area contributed by atoms with E-state index in [1.807, 2.05) is 0 Å². The van der Waals surface area contributed by atoms with Crippen molar-refractivity contribution in [3.8, 4) is 0 Å². The van der Waals surface area contributed by atoms with Crippen LogP contribution in [0.5, 0.6) is 0 Å². The summed E-state index contributed by atoms with van der Waals surface area (Å²) in [5.74, 6) is -0.443. The van der Waals surface area contributed by atoms with Crippen molar-refractivity contribution in [2.24, 2.45) is 0 Å². The molecule has 0 radical (unpaired) electrons. The number of piperazine rings is 1. The zero-order valence-corrected chi connectivity index (χ0v) is 8.37. The van der Waals surface area contributed by atoms with E-state index in [4.69, 9.17) is 0 Å². The number of aldehydes is 1. The first-order valence-electron chi connectivity index (χ1n) is 5.01. The van der Waals surface area contributed by atoms with E-state index in [0.717, 1.165) is 31.9 Å². The molecule has 1 aromatic rings. The Bertz CT molecular complexity index is 362. The van der Waals surface area contributed by atoms with Crippen LogP contribution in [0.3, 0.4) is 0 Å². The Kier molecular flexibility index (Phi) is 2.97. The molecule has 1 aromatic carbocycles. The molecule has 0 aliphatic carbocycles. The number of carbonyl (C=O) groups is 1. The molecule has 80 valence electrons. The number of halogens is 1. The van der Waals surface area contributed by atoms with Gasteiger partial charge in [-0.05, 0) is 18.2 Å².